The normalized spacial score (nSPS) is 34.5. The molecule has 1 unspecified atom stereocenters. The van der Waals surface area contributed by atoms with Gasteiger partial charge in [0.15, 0.2) is 0 Å². The maximum atomic E-state index is 11.6. The first kappa shape index (κ1) is 7.10. The second kappa shape index (κ2) is 1.97. The first-order chi connectivity index (χ1) is 5.09. The van der Waals surface area contributed by atoms with Crippen molar-refractivity contribution in [2.75, 3.05) is 13.1 Å². The third-order valence-corrected chi connectivity index (χ3v) is 2.58. The average molecular weight is 154 g/mol. The molecule has 2 heterocycles. The molecule has 2 rings (SSSR count). The van der Waals surface area contributed by atoms with Crippen molar-refractivity contribution in [3.8, 4) is 0 Å². The van der Waals surface area contributed by atoms with Crippen molar-refractivity contribution in [2.24, 2.45) is 0 Å². The number of nitrogens with zero attached hydrogens (tertiary/aromatic N) is 1. The Labute approximate surface area is 66.8 Å². The summed E-state index contributed by atoms with van der Waals surface area (Å²) in [7, 11) is 0. The monoisotopic (exact) mass is 154 g/mol. The molecule has 0 radical (unpaired) electrons. The molecular formula is C8H14N2O. The Balaban J connectivity index is 2.25. The smallest absolute Gasteiger partial charge is 0.242 e. The lowest BCUT2D eigenvalue weighted by atomic mass is 10.00. The van der Waals surface area contributed by atoms with E-state index in [1.54, 1.807) is 0 Å². The van der Waals surface area contributed by atoms with Crippen LogP contribution < -0.4 is 5.32 Å². The molecule has 1 atom stereocenters. The summed E-state index contributed by atoms with van der Waals surface area (Å²) in [4.78, 5) is 13.5. The van der Waals surface area contributed by atoms with E-state index in [2.05, 4.69) is 5.32 Å². The number of piperazine rings is 1. The number of carbonyl (C=O) groups is 1. The van der Waals surface area contributed by atoms with Gasteiger partial charge in [0.05, 0.1) is 5.54 Å². The summed E-state index contributed by atoms with van der Waals surface area (Å²) in [5.74, 6) is 0.256. The minimum atomic E-state index is -0.320. The zero-order chi connectivity index (χ0) is 8.06. The van der Waals surface area contributed by atoms with E-state index in [9.17, 15) is 4.79 Å². The van der Waals surface area contributed by atoms with E-state index in [1.165, 1.54) is 0 Å². The highest BCUT2D eigenvalue weighted by molar-refractivity contribution is 5.86. The second-order valence-corrected chi connectivity index (χ2v) is 4.01. The number of fused-ring (bicyclic) bond motifs is 2. The van der Waals surface area contributed by atoms with Gasteiger partial charge in [-0.2, -0.15) is 0 Å². The molecule has 0 aromatic heterocycles. The third kappa shape index (κ3) is 0.948. The molecule has 2 bridgehead atoms. The Kier molecular flexibility index (Phi) is 1.27. The number of hydrogen-bond acceptors (Lipinski definition) is 2. The lowest BCUT2D eigenvalue weighted by Gasteiger charge is -2.36. The largest absolute Gasteiger partial charge is 0.339 e. The quantitative estimate of drug-likeness (QED) is 0.531. The summed E-state index contributed by atoms with van der Waals surface area (Å²) in [5.41, 5.74) is -0.320. The molecule has 1 amide bonds. The number of rotatable bonds is 0. The molecule has 3 heteroatoms. The molecule has 2 aliphatic rings. The van der Waals surface area contributed by atoms with Crippen LogP contribution in [0.25, 0.3) is 0 Å². The van der Waals surface area contributed by atoms with Gasteiger partial charge in [0.2, 0.25) is 5.91 Å². The van der Waals surface area contributed by atoms with Crippen LogP contribution in [0, 0.1) is 0 Å². The van der Waals surface area contributed by atoms with E-state index in [0.717, 1.165) is 19.5 Å². The summed E-state index contributed by atoms with van der Waals surface area (Å²) in [6.07, 6.45) is 1.12. The zero-order valence-corrected chi connectivity index (χ0v) is 7.05. The first-order valence-electron chi connectivity index (χ1n) is 4.17. The fraction of sp³-hybridized carbons (Fsp3) is 0.875. The van der Waals surface area contributed by atoms with Gasteiger partial charge in [-0.3, -0.25) is 10.1 Å². The SMILES string of the molecule is CC1(C)NC2CCN(C2)C1=O. The van der Waals surface area contributed by atoms with Crippen LogP contribution in [0.5, 0.6) is 0 Å². The van der Waals surface area contributed by atoms with E-state index < -0.39 is 0 Å². The molecule has 1 N–H and O–H groups in total. The Hall–Kier alpha value is -0.570. The van der Waals surface area contributed by atoms with Gasteiger partial charge >= 0.3 is 0 Å². The molecule has 2 aliphatic heterocycles. The van der Waals surface area contributed by atoms with E-state index >= 15 is 0 Å². The van der Waals surface area contributed by atoms with Crippen LogP contribution in [0.3, 0.4) is 0 Å². The van der Waals surface area contributed by atoms with Gasteiger partial charge in [0.1, 0.15) is 0 Å². The van der Waals surface area contributed by atoms with Crippen LogP contribution in [-0.2, 0) is 4.79 Å². The van der Waals surface area contributed by atoms with Crippen molar-refractivity contribution in [1.29, 1.82) is 0 Å². The lowest BCUT2D eigenvalue weighted by molar-refractivity contribution is -0.138. The summed E-state index contributed by atoms with van der Waals surface area (Å²) in [6, 6.07) is 0.544. The van der Waals surface area contributed by atoms with Gasteiger partial charge in [-0.05, 0) is 20.3 Å². The number of hydrogen-bond donors (Lipinski definition) is 1. The van der Waals surface area contributed by atoms with Gasteiger partial charge in [-0.1, -0.05) is 0 Å². The fourth-order valence-electron chi connectivity index (χ4n) is 2.03. The number of amides is 1. The molecular weight excluding hydrogens is 140 g/mol. The summed E-state index contributed by atoms with van der Waals surface area (Å²) < 4.78 is 0. The zero-order valence-electron chi connectivity index (χ0n) is 7.05. The molecule has 62 valence electrons. The van der Waals surface area contributed by atoms with Crippen molar-refractivity contribution >= 4 is 5.91 Å². The minimum Gasteiger partial charge on any atom is -0.339 e. The van der Waals surface area contributed by atoms with Crippen LogP contribution in [0.1, 0.15) is 20.3 Å². The topological polar surface area (TPSA) is 32.3 Å². The van der Waals surface area contributed by atoms with Crippen LogP contribution in [0.4, 0.5) is 0 Å². The van der Waals surface area contributed by atoms with Gasteiger partial charge in [-0.15, -0.1) is 0 Å². The molecule has 2 saturated heterocycles. The van der Waals surface area contributed by atoms with Crippen molar-refractivity contribution in [3.63, 3.8) is 0 Å². The molecule has 2 fully saturated rings. The predicted molar refractivity (Wildman–Crippen MR) is 42.2 cm³/mol. The molecule has 0 aromatic rings. The Bertz CT molecular complexity index is 200. The van der Waals surface area contributed by atoms with E-state index in [0.29, 0.717) is 6.04 Å². The number of nitrogens with one attached hydrogen (secondary N) is 1. The first-order valence-corrected chi connectivity index (χ1v) is 4.17. The van der Waals surface area contributed by atoms with Crippen molar-refractivity contribution in [3.05, 3.63) is 0 Å². The second-order valence-electron chi connectivity index (χ2n) is 4.01. The Morgan fingerprint density at radius 1 is 1.64 bits per heavy atom. The number of carbonyl (C=O) groups excluding carboxylic acids is 1. The predicted octanol–water partition coefficient (Wildman–Crippen LogP) is -0.0309. The molecule has 0 saturated carbocycles. The molecule has 0 spiro atoms. The van der Waals surface area contributed by atoms with Gasteiger partial charge in [0, 0.05) is 19.1 Å². The summed E-state index contributed by atoms with van der Waals surface area (Å²) >= 11 is 0. The van der Waals surface area contributed by atoms with Gasteiger partial charge in [0.25, 0.3) is 0 Å². The van der Waals surface area contributed by atoms with Crippen LogP contribution >= 0.6 is 0 Å². The Morgan fingerprint density at radius 2 is 2.36 bits per heavy atom. The van der Waals surface area contributed by atoms with Crippen molar-refractivity contribution < 1.29 is 4.79 Å². The Morgan fingerprint density at radius 3 is 3.09 bits per heavy atom. The molecule has 0 aliphatic carbocycles. The molecule has 11 heavy (non-hydrogen) atoms. The van der Waals surface area contributed by atoms with Crippen LogP contribution in [-0.4, -0.2) is 35.5 Å². The fourth-order valence-corrected chi connectivity index (χ4v) is 2.03. The van der Waals surface area contributed by atoms with E-state index in [-0.39, 0.29) is 11.4 Å². The van der Waals surface area contributed by atoms with E-state index in [4.69, 9.17) is 0 Å². The van der Waals surface area contributed by atoms with E-state index in [1.807, 2.05) is 18.7 Å². The van der Waals surface area contributed by atoms with Crippen molar-refractivity contribution in [2.45, 2.75) is 31.8 Å². The summed E-state index contributed by atoms with van der Waals surface area (Å²) in [5, 5.41) is 3.34. The highest BCUT2D eigenvalue weighted by atomic mass is 16.2. The minimum absolute atomic E-state index is 0.256. The lowest BCUT2D eigenvalue weighted by Crippen LogP contribution is -2.61. The summed E-state index contributed by atoms with van der Waals surface area (Å²) in [6.45, 7) is 5.78. The third-order valence-electron chi connectivity index (χ3n) is 2.58. The van der Waals surface area contributed by atoms with Crippen LogP contribution in [0.2, 0.25) is 0 Å². The standard InChI is InChI=1S/C8H14N2O/c1-8(2)7(11)10-4-3-6(5-10)9-8/h6,9H,3-5H2,1-2H3. The molecule has 3 nitrogen and oxygen atoms in total. The van der Waals surface area contributed by atoms with Gasteiger partial charge < -0.3 is 4.90 Å². The maximum absolute atomic E-state index is 11.6. The average Bonchev–Trinajstić information content (AvgIpc) is 2.29. The van der Waals surface area contributed by atoms with Crippen molar-refractivity contribution in [1.82, 2.24) is 10.2 Å². The highest BCUT2D eigenvalue weighted by Crippen LogP contribution is 2.22. The molecule has 0 aromatic carbocycles. The highest BCUT2D eigenvalue weighted by Gasteiger charge is 2.42. The van der Waals surface area contributed by atoms with Crippen LogP contribution in [0.15, 0.2) is 0 Å². The maximum Gasteiger partial charge on any atom is 0.242 e. The van der Waals surface area contributed by atoms with Gasteiger partial charge in [-0.25, -0.2) is 0 Å².